The predicted octanol–water partition coefficient (Wildman–Crippen LogP) is 5.08. The lowest BCUT2D eigenvalue weighted by atomic mass is 9.75. The third-order valence-electron chi connectivity index (χ3n) is 3.69. The second-order valence-electron chi connectivity index (χ2n) is 6.03. The van der Waals surface area contributed by atoms with Crippen LogP contribution in [0.15, 0.2) is 6.07 Å². The van der Waals surface area contributed by atoms with Crippen molar-refractivity contribution in [3.63, 3.8) is 0 Å². The van der Waals surface area contributed by atoms with Crippen LogP contribution in [0.25, 0.3) is 0 Å². The Hall–Kier alpha value is -0.470. The van der Waals surface area contributed by atoms with E-state index in [2.05, 4.69) is 24.1 Å². The van der Waals surface area contributed by atoms with E-state index in [1.807, 2.05) is 13.0 Å². The molecule has 0 spiro atoms. The first-order chi connectivity index (χ1) is 8.37. The maximum atomic E-state index is 6.17. The van der Waals surface area contributed by atoms with Gasteiger partial charge in [-0.25, -0.2) is 4.98 Å². The maximum absolute atomic E-state index is 6.17. The van der Waals surface area contributed by atoms with Crippen molar-refractivity contribution in [2.24, 2.45) is 5.41 Å². The van der Waals surface area contributed by atoms with Crippen LogP contribution in [0, 0.1) is 12.3 Å². The lowest BCUT2D eigenvalue weighted by Gasteiger charge is -2.36. The topological polar surface area (TPSA) is 24.9 Å². The Morgan fingerprint density at radius 1 is 1.39 bits per heavy atom. The molecule has 0 bridgehead atoms. The quantitative estimate of drug-likeness (QED) is 0.767. The molecule has 1 aliphatic carbocycles. The summed E-state index contributed by atoms with van der Waals surface area (Å²) in [5.74, 6) is 0. The van der Waals surface area contributed by atoms with Crippen LogP contribution in [0.3, 0.4) is 0 Å². The average Bonchev–Trinajstić information content (AvgIpc) is 2.22. The Kier molecular flexibility index (Phi) is 4.08. The van der Waals surface area contributed by atoms with Crippen LogP contribution in [0.2, 0.25) is 10.3 Å². The molecule has 1 fully saturated rings. The number of anilines is 1. The summed E-state index contributed by atoms with van der Waals surface area (Å²) >= 11 is 12.1. The number of hydrogen-bond acceptors (Lipinski definition) is 2. The van der Waals surface area contributed by atoms with Gasteiger partial charge in [-0.2, -0.15) is 0 Å². The molecule has 0 aromatic carbocycles. The SMILES string of the molecule is Cc1cc(Cl)nc(Cl)c1NC1CCCC(C)(C)C1. The van der Waals surface area contributed by atoms with Crippen molar-refractivity contribution in [2.75, 3.05) is 5.32 Å². The van der Waals surface area contributed by atoms with Crippen molar-refractivity contribution in [1.82, 2.24) is 4.98 Å². The molecule has 0 amide bonds. The minimum Gasteiger partial charge on any atom is -0.380 e. The van der Waals surface area contributed by atoms with E-state index in [4.69, 9.17) is 23.2 Å². The van der Waals surface area contributed by atoms with Gasteiger partial charge in [-0.1, -0.05) is 43.5 Å². The highest BCUT2D eigenvalue weighted by Crippen LogP contribution is 2.37. The molecule has 1 aromatic rings. The summed E-state index contributed by atoms with van der Waals surface area (Å²) in [7, 11) is 0. The van der Waals surface area contributed by atoms with Crippen LogP contribution in [0.4, 0.5) is 5.69 Å². The lowest BCUT2D eigenvalue weighted by Crippen LogP contribution is -2.32. The number of aryl methyl sites for hydroxylation is 1. The van der Waals surface area contributed by atoms with Gasteiger partial charge < -0.3 is 5.32 Å². The monoisotopic (exact) mass is 286 g/mol. The minimum absolute atomic E-state index is 0.413. The fourth-order valence-corrected chi connectivity index (χ4v) is 3.38. The second-order valence-corrected chi connectivity index (χ2v) is 6.77. The minimum atomic E-state index is 0.413. The Bertz CT molecular complexity index is 420. The first kappa shape index (κ1) is 14.0. The molecule has 1 aliphatic rings. The maximum Gasteiger partial charge on any atom is 0.154 e. The number of halogens is 2. The van der Waals surface area contributed by atoms with Gasteiger partial charge in [-0.05, 0) is 43.2 Å². The van der Waals surface area contributed by atoms with Gasteiger partial charge in [0, 0.05) is 6.04 Å². The van der Waals surface area contributed by atoms with E-state index < -0.39 is 0 Å². The van der Waals surface area contributed by atoms with Gasteiger partial charge in [0.05, 0.1) is 5.69 Å². The first-order valence-electron chi connectivity index (χ1n) is 6.46. The summed E-state index contributed by atoms with van der Waals surface area (Å²) in [4.78, 5) is 4.10. The van der Waals surface area contributed by atoms with E-state index in [0.29, 0.717) is 21.8 Å². The van der Waals surface area contributed by atoms with Crippen molar-refractivity contribution in [2.45, 2.75) is 52.5 Å². The molecule has 4 heteroatoms. The smallest absolute Gasteiger partial charge is 0.154 e. The predicted molar refractivity (Wildman–Crippen MR) is 78.7 cm³/mol. The Labute approximate surface area is 119 Å². The zero-order valence-electron chi connectivity index (χ0n) is 11.2. The molecule has 0 aliphatic heterocycles. The molecule has 100 valence electrons. The largest absolute Gasteiger partial charge is 0.380 e. The number of hydrogen-bond donors (Lipinski definition) is 1. The van der Waals surface area contributed by atoms with E-state index in [9.17, 15) is 0 Å². The molecule has 1 N–H and O–H groups in total. The zero-order valence-corrected chi connectivity index (χ0v) is 12.7. The molecule has 2 rings (SSSR count). The Balaban J connectivity index is 2.14. The fourth-order valence-electron chi connectivity index (χ4n) is 2.79. The second kappa shape index (κ2) is 5.26. The average molecular weight is 287 g/mol. The van der Waals surface area contributed by atoms with E-state index in [0.717, 1.165) is 11.3 Å². The number of aromatic nitrogens is 1. The van der Waals surface area contributed by atoms with Gasteiger partial charge in [0.25, 0.3) is 0 Å². The number of rotatable bonds is 2. The van der Waals surface area contributed by atoms with E-state index in [-0.39, 0.29) is 0 Å². The molecule has 1 saturated carbocycles. The van der Waals surface area contributed by atoms with Crippen LogP contribution in [0.1, 0.15) is 45.1 Å². The zero-order chi connectivity index (χ0) is 13.3. The fraction of sp³-hybridized carbons (Fsp3) is 0.643. The highest BCUT2D eigenvalue weighted by atomic mass is 35.5. The summed E-state index contributed by atoms with van der Waals surface area (Å²) in [6.07, 6.45) is 4.94. The van der Waals surface area contributed by atoms with E-state index >= 15 is 0 Å². The molecule has 2 nitrogen and oxygen atoms in total. The summed E-state index contributed by atoms with van der Waals surface area (Å²) in [5, 5.41) is 4.47. The molecule has 1 atom stereocenters. The standard InChI is InChI=1S/C14H20Cl2N2/c1-9-7-11(15)18-13(16)12(9)17-10-5-4-6-14(2,3)8-10/h7,10,17H,4-6,8H2,1-3H3. The van der Waals surface area contributed by atoms with Crippen molar-refractivity contribution < 1.29 is 0 Å². The van der Waals surface area contributed by atoms with Gasteiger partial charge in [0.2, 0.25) is 0 Å². The summed E-state index contributed by atoms with van der Waals surface area (Å²) in [6.45, 7) is 6.67. The highest BCUT2D eigenvalue weighted by molar-refractivity contribution is 6.34. The molecule has 0 saturated heterocycles. The Morgan fingerprint density at radius 2 is 2.11 bits per heavy atom. The van der Waals surface area contributed by atoms with Gasteiger partial charge in [-0.3, -0.25) is 0 Å². The summed E-state index contributed by atoms with van der Waals surface area (Å²) < 4.78 is 0. The number of nitrogens with zero attached hydrogens (tertiary/aromatic N) is 1. The molecular weight excluding hydrogens is 267 g/mol. The number of pyridine rings is 1. The normalized spacial score (nSPS) is 22.8. The van der Waals surface area contributed by atoms with E-state index in [1.165, 1.54) is 25.7 Å². The van der Waals surface area contributed by atoms with Crippen molar-refractivity contribution in [1.29, 1.82) is 0 Å². The molecule has 1 unspecified atom stereocenters. The molecule has 0 radical (unpaired) electrons. The molecule has 1 heterocycles. The van der Waals surface area contributed by atoms with Crippen LogP contribution >= 0.6 is 23.2 Å². The number of nitrogens with one attached hydrogen (secondary N) is 1. The van der Waals surface area contributed by atoms with Crippen molar-refractivity contribution >= 4 is 28.9 Å². The van der Waals surface area contributed by atoms with Gasteiger partial charge in [0.15, 0.2) is 5.15 Å². The Morgan fingerprint density at radius 3 is 2.72 bits per heavy atom. The molecule has 18 heavy (non-hydrogen) atoms. The third kappa shape index (κ3) is 3.30. The molecule has 1 aromatic heterocycles. The van der Waals surface area contributed by atoms with Crippen LogP contribution < -0.4 is 5.32 Å². The lowest BCUT2D eigenvalue weighted by molar-refractivity contribution is 0.229. The van der Waals surface area contributed by atoms with E-state index in [1.54, 1.807) is 0 Å². The van der Waals surface area contributed by atoms with Crippen molar-refractivity contribution in [3.8, 4) is 0 Å². The third-order valence-corrected chi connectivity index (χ3v) is 4.16. The highest BCUT2D eigenvalue weighted by Gasteiger charge is 2.28. The van der Waals surface area contributed by atoms with Crippen LogP contribution in [-0.4, -0.2) is 11.0 Å². The van der Waals surface area contributed by atoms with Gasteiger partial charge >= 0.3 is 0 Å². The van der Waals surface area contributed by atoms with Gasteiger partial charge in [0.1, 0.15) is 5.15 Å². The van der Waals surface area contributed by atoms with Crippen LogP contribution in [0.5, 0.6) is 0 Å². The van der Waals surface area contributed by atoms with Crippen LogP contribution in [-0.2, 0) is 0 Å². The molecular formula is C14H20Cl2N2. The summed E-state index contributed by atoms with van der Waals surface area (Å²) in [5.41, 5.74) is 2.41. The van der Waals surface area contributed by atoms with Crippen molar-refractivity contribution in [3.05, 3.63) is 21.9 Å². The summed E-state index contributed by atoms with van der Waals surface area (Å²) in [6, 6.07) is 2.33. The first-order valence-corrected chi connectivity index (χ1v) is 7.22. The van der Waals surface area contributed by atoms with Gasteiger partial charge in [-0.15, -0.1) is 0 Å².